The van der Waals surface area contributed by atoms with Crippen LogP contribution in [0.4, 0.5) is 5.69 Å². The molecule has 0 aliphatic rings. The lowest BCUT2D eigenvalue weighted by Crippen LogP contribution is -2.35. The summed E-state index contributed by atoms with van der Waals surface area (Å²) in [5.41, 5.74) is 1.24. The van der Waals surface area contributed by atoms with Crippen LogP contribution in [0.5, 0.6) is 0 Å². The summed E-state index contributed by atoms with van der Waals surface area (Å²) in [7, 11) is 0. The smallest absolute Gasteiger partial charge is 0.269 e. The average Bonchev–Trinajstić information content (AvgIpc) is 2.14. The van der Waals surface area contributed by atoms with E-state index in [0.29, 0.717) is 0 Å². The number of hydrogen-bond donors (Lipinski definition) is 1. The summed E-state index contributed by atoms with van der Waals surface area (Å²) in [5.74, 6) is 0. The first kappa shape index (κ1) is 14.9. The molecule has 1 N–H and O–H groups in total. The highest BCUT2D eigenvalue weighted by Crippen LogP contribution is 2.12. The van der Waals surface area contributed by atoms with Gasteiger partial charge in [0.2, 0.25) is 0 Å². The molecule has 1 rings (SSSR count). The molecule has 0 atom stereocenters. The van der Waals surface area contributed by atoms with Gasteiger partial charge in [-0.15, -0.1) is 12.4 Å². The van der Waals surface area contributed by atoms with Crippen molar-refractivity contribution >= 4 is 18.1 Å². The molecule has 0 amide bonds. The fraction of sp³-hybridized carbons (Fsp3) is 0.455. The third-order valence-electron chi connectivity index (χ3n) is 1.97. The van der Waals surface area contributed by atoms with Gasteiger partial charge < -0.3 is 5.32 Å². The Morgan fingerprint density at radius 1 is 1.25 bits per heavy atom. The van der Waals surface area contributed by atoms with Gasteiger partial charge in [-0.05, 0) is 26.3 Å². The number of benzene rings is 1. The van der Waals surface area contributed by atoms with Gasteiger partial charge in [-0.25, -0.2) is 0 Å². The van der Waals surface area contributed by atoms with E-state index in [4.69, 9.17) is 0 Å². The van der Waals surface area contributed by atoms with Crippen LogP contribution in [0.1, 0.15) is 26.3 Å². The van der Waals surface area contributed by atoms with Crippen LogP contribution in [0, 0.1) is 10.1 Å². The SMILES string of the molecule is CC(C)(C)NCc1ccc([N+](=O)[O-])cc1.Cl. The summed E-state index contributed by atoms with van der Waals surface area (Å²) >= 11 is 0. The first-order valence-electron chi connectivity index (χ1n) is 4.87. The molecule has 90 valence electrons. The molecular formula is C11H17ClN2O2. The van der Waals surface area contributed by atoms with Gasteiger partial charge in [0.25, 0.3) is 5.69 Å². The quantitative estimate of drug-likeness (QED) is 0.657. The van der Waals surface area contributed by atoms with E-state index in [1.54, 1.807) is 12.1 Å². The van der Waals surface area contributed by atoms with Crippen molar-refractivity contribution in [2.24, 2.45) is 0 Å². The summed E-state index contributed by atoms with van der Waals surface area (Å²) in [6.45, 7) is 6.97. The fourth-order valence-corrected chi connectivity index (χ4v) is 1.10. The van der Waals surface area contributed by atoms with E-state index in [1.807, 2.05) is 0 Å². The highest BCUT2D eigenvalue weighted by Gasteiger charge is 2.09. The Balaban J connectivity index is 0.00000225. The predicted molar refractivity (Wildman–Crippen MR) is 66.9 cm³/mol. The number of nitrogens with one attached hydrogen (secondary N) is 1. The molecule has 0 radical (unpaired) electrons. The molecule has 5 heteroatoms. The van der Waals surface area contributed by atoms with Crippen LogP contribution >= 0.6 is 12.4 Å². The van der Waals surface area contributed by atoms with Crippen molar-refractivity contribution < 1.29 is 4.92 Å². The lowest BCUT2D eigenvalue weighted by atomic mass is 10.1. The lowest BCUT2D eigenvalue weighted by Gasteiger charge is -2.20. The van der Waals surface area contributed by atoms with Crippen LogP contribution in [0.15, 0.2) is 24.3 Å². The second-order valence-corrected chi connectivity index (χ2v) is 4.53. The Kier molecular flexibility index (Phi) is 5.41. The van der Waals surface area contributed by atoms with Crippen molar-refractivity contribution in [2.45, 2.75) is 32.9 Å². The second kappa shape index (κ2) is 5.82. The number of hydrogen-bond acceptors (Lipinski definition) is 3. The molecular weight excluding hydrogens is 228 g/mol. The largest absolute Gasteiger partial charge is 0.308 e. The van der Waals surface area contributed by atoms with Crippen molar-refractivity contribution in [2.75, 3.05) is 0 Å². The first-order valence-corrected chi connectivity index (χ1v) is 4.87. The van der Waals surface area contributed by atoms with Gasteiger partial charge >= 0.3 is 0 Å². The Bertz CT molecular complexity index is 344. The monoisotopic (exact) mass is 244 g/mol. The summed E-state index contributed by atoms with van der Waals surface area (Å²) in [6.07, 6.45) is 0. The minimum absolute atomic E-state index is 0. The van der Waals surface area contributed by atoms with Crippen LogP contribution < -0.4 is 5.32 Å². The molecule has 0 saturated heterocycles. The molecule has 0 fully saturated rings. The number of halogens is 1. The van der Waals surface area contributed by atoms with E-state index in [1.165, 1.54) is 12.1 Å². The van der Waals surface area contributed by atoms with Crippen LogP contribution in [-0.2, 0) is 6.54 Å². The van der Waals surface area contributed by atoms with Crippen LogP contribution in [0.3, 0.4) is 0 Å². The standard InChI is InChI=1S/C11H16N2O2.ClH/c1-11(2,3)12-8-9-4-6-10(7-5-9)13(14)15;/h4-7,12H,8H2,1-3H3;1H. The van der Waals surface area contributed by atoms with Crippen molar-refractivity contribution in [1.82, 2.24) is 5.32 Å². The zero-order valence-corrected chi connectivity index (χ0v) is 10.5. The molecule has 1 aromatic rings. The molecule has 16 heavy (non-hydrogen) atoms. The number of nitro groups is 1. The molecule has 0 heterocycles. The molecule has 0 aliphatic carbocycles. The Morgan fingerprint density at radius 2 is 1.75 bits per heavy atom. The molecule has 0 spiro atoms. The topological polar surface area (TPSA) is 55.2 Å². The first-order chi connectivity index (χ1) is 6.88. The van der Waals surface area contributed by atoms with Gasteiger partial charge in [0.1, 0.15) is 0 Å². The summed E-state index contributed by atoms with van der Waals surface area (Å²) in [6, 6.07) is 6.60. The average molecular weight is 245 g/mol. The van der Waals surface area contributed by atoms with Crippen LogP contribution in [0.25, 0.3) is 0 Å². The van der Waals surface area contributed by atoms with E-state index in [-0.39, 0.29) is 28.6 Å². The molecule has 0 aromatic heterocycles. The van der Waals surface area contributed by atoms with Gasteiger partial charge in [-0.2, -0.15) is 0 Å². The van der Waals surface area contributed by atoms with E-state index >= 15 is 0 Å². The fourth-order valence-electron chi connectivity index (χ4n) is 1.10. The molecule has 0 unspecified atom stereocenters. The summed E-state index contributed by atoms with van der Waals surface area (Å²) < 4.78 is 0. The van der Waals surface area contributed by atoms with Crippen molar-refractivity contribution in [3.8, 4) is 0 Å². The maximum Gasteiger partial charge on any atom is 0.269 e. The second-order valence-electron chi connectivity index (χ2n) is 4.53. The number of non-ortho nitro benzene ring substituents is 1. The summed E-state index contributed by atoms with van der Waals surface area (Å²) in [4.78, 5) is 10.0. The molecule has 0 bridgehead atoms. The minimum atomic E-state index is -0.388. The van der Waals surface area contributed by atoms with Crippen LogP contribution in [0.2, 0.25) is 0 Å². The molecule has 1 aromatic carbocycles. The normalized spacial score (nSPS) is 10.7. The maximum absolute atomic E-state index is 10.4. The van der Waals surface area contributed by atoms with Gasteiger partial charge in [0.05, 0.1) is 4.92 Å². The zero-order chi connectivity index (χ0) is 11.5. The van der Waals surface area contributed by atoms with Gasteiger partial charge in [0, 0.05) is 24.2 Å². The maximum atomic E-state index is 10.4. The van der Waals surface area contributed by atoms with E-state index in [0.717, 1.165) is 12.1 Å². The van der Waals surface area contributed by atoms with Gasteiger partial charge in [-0.3, -0.25) is 10.1 Å². The Hall–Kier alpha value is -1.13. The minimum Gasteiger partial charge on any atom is -0.308 e. The highest BCUT2D eigenvalue weighted by atomic mass is 35.5. The highest BCUT2D eigenvalue weighted by molar-refractivity contribution is 5.85. The zero-order valence-electron chi connectivity index (χ0n) is 9.69. The summed E-state index contributed by atoms with van der Waals surface area (Å²) in [5, 5.41) is 13.7. The Morgan fingerprint density at radius 3 is 2.12 bits per heavy atom. The van der Waals surface area contributed by atoms with E-state index < -0.39 is 0 Å². The number of nitrogens with zero attached hydrogens (tertiary/aromatic N) is 1. The molecule has 4 nitrogen and oxygen atoms in total. The van der Waals surface area contributed by atoms with Gasteiger partial charge in [0.15, 0.2) is 0 Å². The predicted octanol–water partition coefficient (Wildman–Crippen LogP) is 2.90. The van der Waals surface area contributed by atoms with Gasteiger partial charge in [-0.1, -0.05) is 12.1 Å². The van der Waals surface area contributed by atoms with Crippen molar-refractivity contribution in [3.05, 3.63) is 39.9 Å². The molecule has 0 saturated carbocycles. The van der Waals surface area contributed by atoms with E-state index in [2.05, 4.69) is 26.1 Å². The third-order valence-corrected chi connectivity index (χ3v) is 1.97. The molecule has 0 aliphatic heterocycles. The third kappa shape index (κ3) is 5.09. The van der Waals surface area contributed by atoms with Crippen LogP contribution in [-0.4, -0.2) is 10.5 Å². The number of nitro benzene ring substituents is 1. The van der Waals surface area contributed by atoms with Crippen molar-refractivity contribution in [3.63, 3.8) is 0 Å². The van der Waals surface area contributed by atoms with Crippen molar-refractivity contribution in [1.29, 1.82) is 0 Å². The lowest BCUT2D eigenvalue weighted by molar-refractivity contribution is -0.384. The Labute approximate surface area is 102 Å². The number of rotatable bonds is 3. The van der Waals surface area contributed by atoms with E-state index in [9.17, 15) is 10.1 Å².